The first-order chi connectivity index (χ1) is 8.61. The fourth-order valence-corrected chi connectivity index (χ4v) is 2.39. The first kappa shape index (κ1) is 13.1. The number of rotatable bonds is 2. The summed E-state index contributed by atoms with van der Waals surface area (Å²) in [6.07, 6.45) is 4.25. The van der Waals surface area contributed by atoms with E-state index in [4.69, 9.17) is 9.31 Å². The van der Waals surface area contributed by atoms with Gasteiger partial charge in [-0.1, -0.05) is 0 Å². The van der Waals surface area contributed by atoms with Crippen molar-refractivity contribution >= 4 is 19.0 Å². The Bertz CT molecular complexity index is 382. The molecule has 0 saturated carbocycles. The number of carbonyl (C=O) groups excluding carboxylic acids is 2. The third-order valence-electron chi connectivity index (χ3n) is 3.34. The van der Waals surface area contributed by atoms with Crippen LogP contribution in [0.5, 0.6) is 0 Å². The Hall–Kier alpha value is -1.30. The molecule has 1 saturated heterocycles. The van der Waals surface area contributed by atoms with Crippen LogP contribution in [0.25, 0.3) is 0 Å². The van der Waals surface area contributed by atoms with E-state index in [2.05, 4.69) is 0 Å². The Morgan fingerprint density at radius 1 is 1.67 bits per heavy atom. The van der Waals surface area contributed by atoms with Gasteiger partial charge in [0.1, 0.15) is 0 Å². The predicted molar refractivity (Wildman–Crippen MR) is 66.5 cm³/mol. The second-order valence-corrected chi connectivity index (χ2v) is 4.64. The highest BCUT2D eigenvalue weighted by Gasteiger charge is 2.37. The molecule has 0 radical (unpaired) electrons. The molecule has 1 atom stereocenters. The fourth-order valence-electron chi connectivity index (χ4n) is 2.39. The van der Waals surface area contributed by atoms with Crippen LogP contribution in [0.1, 0.15) is 26.7 Å². The first-order valence-electron chi connectivity index (χ1n) is 6.41. The van der Waals surface area contributed by atoms with E-state index in [1.54, 1.807) is 11.1 Å². The number of hydrogen-bond acceptors (Lipinski definition) is 4. The van der Waals surface area contributed by atoms with Crippen LogP contribution >= 0.6 is 0 Å². The molecule has 1 amide bonds. The lowest BCUT2D eigenvalue weighted by Gasteiger charge is -2.21. The average molecular weight is 251 g/mol. The van der Waals surface area contributed by atoms with Crippen LogP contribution in [0.3, 0.4) is 0 Å². The van der Waals surface area contributed by atoms with Crippen LogP contribution in [-0.4, -0.2) is 37.0 Å². The minimum Gasteiger partial charge on any atom is -0.509 e. The van der Waals surface area contributed by atoms with E-state index in [9.17, 15) is 9.59 Å². The zero-order chi connectivity index (χ0) is 13.1. The van der Waals surface area contributed by atoms with Gasteiger partial charge in [-0.3, -0.25) is 9.59 Å². The smallest absolute Gasteiger partial charge is 0.509 e. The van der Waals surface area contributed by atoms with E-state index < -0.39 is 7.12 Å². The molecular weight excluding hydrogens is 233 g/mol. The summed E-state index contributed by atoms with van der Waals surface area (Å²) in [5.74, 6) is -0.622. The number of nitrogens with zero attached hydrogens (tertiary/aromatic N) is 1. The van der Waals surface area contributed by atoms with Gasteiger partial charge in [0, 0.05) is 26.3 Å². The van der Waals surface area contributed by atoms with Crippen molar-refractivity contribution in [1.82, 2.24) is 4.90 Å². The Morgan fingerprint density at radius 2 is 2.44 bits per heavy atom. The lowest BCUT2D eigenvalue weighted by molar-refractivity contribution is -0.139. The highest BCUT2D eigenvalue weighted by atomic mass is 16.6. The summed E-state index contributed by atoms with van der Waals surface area (Å²) < 4.78 is 10.7. The van der Waals surface area contributed by atoms with E-state index >= 15 is 0 Å². The van der Waals surface area contributed by atoms with Gasteiger partial charge in [0.15, 0.2) is 0 Å². The maximum absolute atomic E-state index is 12.0. The molecule has 98 valence electrons. The minimum absolute atomic E-state index is 0.0385. The molecule has 2 rings (SSSR count). The summed E-state index contributed by atoms with van der Waals surface area (Å²) >= 11 is 0. The molecule has 0 spiro atoms. The number of carbonyl (C=O) groups is 2. The number of amides is 1. The van der Waals surface area contributed by atoms with Gasteiger partial charge in [-0.05, 0) is 31.7 Å². The number of hydrogen-bond donors (Lipinski definition) is 0. The maximum atomic E-state index is 12.0. The highest BCUT2D eigenvalue weighted by Crippen LogP contribution is 2.30. The van der Waals surface area contributed by atoms with E-state index in [1.807, 2.05) is 6.92 Å². The summed E-state index contributed by atoms with van der Waals surface area (Å²) in [6, 6.07) is 0. The van der Waals surface area contributed by atoms with Crippen LogP contribution in [-0.2, 0) is 18.9 Å². The standard InChI is InChI=1S/C12H18BNO4/c1-3-17-13-6-4-5-10-7-14(9(2)15)8-11(10)12(16)18-13/h7,11H,3-6,8H2,1-2H3/t11-/m1/s1. The second-order valence-electron chi connectivity index (χ2n) is 4.64. The molecule has 1 fully saturated rings. The summed E-state index contributed by atoms with van der Waals surface area (Å²) in [6.45, 7) is 4.32. The SMILES string of the molecule is CCOB1CCCC2=CN(C(C)=O)C[C@H]2C(=O)O1. The van der Waals surface area contributed by atoms with Crippen molar-refractivity contribution < 1.29 is 18.9 Å². The molecule has 6 heteroatoms. The molecule has 0 bridgehead atoms. The molecule has 0 aromatic rings. The summed E-state index contributed by atoms with van der Waals surface area (Å²) in [5, 5.41) is 0. The van der Waals surface area contributed by atoms with Gasteiger partial charge < -0.3 is 14.2 Å². The summed E-state index contributed by atoms with van der Waals surface area (Å²) in [5.41, 5.74) is 1.00. The van der Waals surface area contributed by atoms with Gasteiger partial charge in [0.25, 0.3) is 5.97 Å². The highest BCUT2D eigenvalue weighted by molar-refractivity contribution is 6.46. The maximum Gasteiger partial charge on any atom is 0.527 e. The van der Waals surface area contributed by atoms with Gasteiger partial charge in [0.05, 0.1) is 5.92 Å². The molecule has 0 aromatic carbocycles. The Kier molecular flexibility index (Phi) is 4.06. The van der Waals surface area contributed by atoms with Gasteiger partial charge in [-0.2, -0.15) is 0 Å². The topological polar surface area (TPSA) is 55.8 Å². The van der Waals surface area contributed by atoms with Crippen molar-refractivity contribution in [1.29, 1.82) is 0 Å². The molecule has 2 aliphatic rings. The van der Waals surface area contributed by atoms with Crippen LogP contribution in [0.2, 0.25) is 6.32 Å². The van der Waals surface area contributed by atoms with E-state index in [-0.39, 0.29) is 17.8 Å². The van der Waals surface area contributed by atoms with Gasteiger partial charge in [-0.15, -0.1) is 0 Å². The molecule has 0 unspecified atom stereocenters. The first-order valence-corrected chi connectivity index (χ1v) is 6.41. The van der Waals surface area contributed by atoms with Crippen molar-refractivity contribution in [2.24, 2.45) is 5.92 Å². The lowest BCUT2D eigenvalue weighted by Crippen LogP contribution is -2.35. The molecule has 0 aromatic heterocycles. The second kappa shape index (κ2) is 5.56. The van der Waals surface area contributed by atoms with Crippen LogP contribution in [0, 0.1) is 5.92 Å². The van der Waals surface area contributed by atoms with Crippen molar-refractivity contribution in [3.63, 3.8) is 0 Å². The quantitative estimate of drug-likeness (QED) is 0.692. The molecule has 2 heterocycles. The van der Waals surface area contributed by atoms with Gasteiger partial charge in [-0.25, -0.2) is 0 Å². The molecule has 5 nitrogen and oxygen atoms in total. The molecular formula is C12H18BNO4. The Morgan fingerprint density at radius 3 is 3.11 bits per heavy atom. The third-order valence-corrected chi connectivity index (χ3v) is 3.34. The monoisotopic (exact) mass is 251 g/mol. The summed E-state index contributed by atoms with van der Waals surface area (Å²) in [7, 11) is -0.435. The zero-order valence-electron chi connectivity index (χ0n) is 10.8. The van der Waals surface area contributed by atoms with Crippen LogP contribution < -0.4 is 0 Å². The van der Waals surface area contributed by atoms with Gasteiger partial charge in [0.2, 0.25) is 5.91 Å². The largest absolute Gasteiger partial charge is 0.527 e. The minimum atomic E-state index is -0.435. The van der Waals surface area contributed by atoms with Gasteiger partial charge >= 0.3 is 7.12 Å². The normalized spacial score (nSPS) is 24.0. The third kappa shape index (κ3) is 2.75. The Balaban J connectivity index is 2.07. The lowest BCUT2D eigenvalue weighted by atomic mass is 9.78. The summed E-state index contributed by atoms with van der Waals surface area (Å²) in [4.78, 5) is 24.9. The molecule has 2 aliphatic heterocycles. The van der Waals surface area contributed by atoms with E-state index in [0.717, 1.165) is 18.4 Å². The number of fused-ring (bicyclic) bond motifs is 1. The molecule has 0 aliphatic carbocycles. The van der Waals surface area contributed by atoms with Crippen LogP contribution in [0.15, 0.2) is 11.8 Å². The van der Waals surface area contributed by atoms with Crippen molar-refractivity contribution in [2.75, 3.05) is 13.2 Å². The van der Waals surface area contributed by atoms with Crippen LogP contribution in [0.4, 0.5) is 0 Å². The Labute approximate surface area is 107 Å². The van der Waals surface area contributed by atoms with E-state index in [0.29, 0.717) is 19.5 Å². The molecule has 0 N–H and O–H groups in total. The van der Waals surface area contributed by atoms with Crippen molar-refractivity contribution in [2.45, 2.75) is 33.0 Å². The predicted octanol–water partition coefficient (Wildman–Crippen LogP) is 1.21. The van der Waals surface area contributed by atoms with Crippen molar-refractivity contribution in [3.8, 4) is 0 Å². The zero-order valence-corrected chi connectivity index (χ0v) is 10.8. The van der Waals surface area contributed by atoms with E-state index in [1.165, 1.54) is 6.92 Å². The molecule has 18 heavy (non-hydrogen) atoms. The fraction of sp³-hybridized carbons (Fsp3) is 0.667. The van der Waals surface area contributed by atoms with Crippen molar-refractivity contribution in [3.05, 3.63) is 11.8 Å². The average Bonchev–Trinajstić information content (AvgIpc) is 2.71.